The molecule has 1 saturated heterocycles. The highest BCUT2D eigenvalue weighted by Crippen LogP contribution is 2.13. The monoisotopic (exact) mass is 269 g/mol. The molecule has 2 amide bonds. The first-order chi connectivity index (χ1) is 8.19. The summed E-state index contributed by atoms with van der Waals surface area (Å²) < 4.78 is 0. The number of halogens is 1. The lowest BCUT2D eigenvalue weighted by molar-refractivity contribution is 0.221. The molecule has 1 aliphatic heterocycles. The van der Waals surface area contributed by atoms with Crippen LogP contribution in [0.15, 0.2) is 24.3 Å². The number of benzene rings is 1. The van der Waals surface area contributed by atoms with Crippen LogP contribution in [0.1, 0.15) is 12.0 Å². The Morgan fingerprint density at radius 2 is 2.22 bits per heavy atom. The van der Waals surface area contributed by atoms with E-state index in [1.54, 1.807) is 0 Å². The van der Waals surface area contributed by atoms with Crippen molar-refractivity contribution in [1.82, 2.24) is 10.2 Å². The van der Waals surface area contributed by atoms with Crippen molar-refractivity contribution in [1.29, 1.82) is 0 Å². The SMILES string of the molecule is CNC1CCN(C(=O)Nc2cccc(C)c2)C1.Cl. The quantitative estimate of drug-likeness (QED) is 0.865. The lowest BCUT2D eigenvalue weighted by atomic mass is 10.2. The van der Waals surface area contributed by atoms with Crippen LogP contribution >= 0.6 is 12.4 Å². The molecule has 1 aromatic rings. The van der Waals surface area contributed by atoms with Crippen LogP contribution in [0.2, 0.25) is 0 Å². The number of urea groups is 1. The average Bonchev–Trinajstić information content (AvgIpc) is 2.77. The van der Waals surface area contributed by atoms with E-state index < -0.39 is 0 Å². The summed E-state index contributed by atoms with van der Waals surface area (Å²) in [4.78, 5) is 13.8. The molecule has 4 nitrogen and oxygen atoms in total. The molecule has 1 unspecified atom stereocenters. The molecule has 0 spiro atoms. The molecular weight excluding hydrogens is 250 g/mol. The third kappa shape index (κ3) is 3.62. The summed E-state index contributed by atoms with van der Waals surface area (Å²) in [5, 5.41) is 6.13. The molecule has 2 N–H and O–H groups in total. The van der Waals surface area contributed by atoms with E-state index in [4.69, 9.17) is 0 Å². The second-order valence-electron chi connectivity index (χ2n) is 4.52. The van der Waals surface area contributed by atoms with Crippen LogP contribution < -0.4 is 10.6 Å². The van der Waals surface area contributed by atoms with Gasteiger partial charge in [0.05, 0.1) is 0 Å². The van der Waals surface area contributed by atoms with Crippen LogP contribution in [0.5, 0.6) is 0 Å². The number of aryl methyl sites for hydroxylation is 1. The van der Waals surface area contributed by atoms with E-state index >= 15 is 0 Å². The number of carbonyl (C=O) groups excluding carboxylic acids is 1. The zero-order chi connectivity index (χ0) is 12.3. The Hall–Kier alpha value is -1.26. The molecule has 5 heteroatoms. The number of anilines is 1. The Kier molecular flexibility index (Phi) is 5.44. The zero-order valence-electron chi connectivity index (χ0n) is 10.8. The summed E-state index contributed by atoms with van der Waals surface area (Å²) >= 11 is 0. The molecule has 1 heterocycles. The summed E-state index contributed by atoms with van der Waals surface area (Å²) in [7, 11) is 1.94. The van der Waals surface area contributed by atoms with Crippen LogP contribution in [-0.4, -0.2) is 37.1 Å². The highest BCUT2D eigenvalue weighted by molar-refractivity contribution is 5.89. The van der Waals surface area contributed by atoms with E-state index in [1.807, 2.05) is 43.1 Å². The number of amides is 2. The maximum Gasteiger partial charge on any atom is 0.321 e. The van der Waals surface area contributed by atoms with Crippen molar-refractivity contribution < 1.29 is 4.79 Å². The van der Waals surface area contributed by atoms with Gasteiger partial charge >= 0.3 is 6.03 Å². The van der Waals surface area contributed by atoms with Gasteiger partial charge in [-0.15, -0.1) is 12.4 Å². The molecule has 1 aliphatic rings. The van der Waals surface area contributed by atoms with Crippen LogP contribution in [0, 0.1) is 6.92 Å². The molecule has 1 aromatic carbocycles. The molecular formula is C13H20ClN3O. The third-order valence-electron chi connectivity index (χ3n) is 3.15. The Labute approximate surface area is 114 Å². The smallest absolute Gasteiger partial charge is 0.321 e. The third-order valence-corrected chi connectivity index (χ3v) is 3.15. The van der Waals surface area contributed by atoms with Crippen LogP contribution in [0.4, 0.5) is 10.5 Å². The molecule has 0 aliphatic carbocycles. The first kappa shape index (κ1) is 14.8. The summed E-state index contributed by atoms with van der Waals surface area (Å²) in [5.41, 5.74) is 2.01. The van der Waals surface area contributed by atoms with Crippen molar-refractivity contribution in [3.05, 3.63) is 29.8 Å². The minimum Gasteiger partial charge on any atom is -0.323 e. The topological polar surface area (TPSA) is 44.4 Å². The molecule has 0 bridgehead atoms. The van der Waals surface area contributed by atoms with Crippen molar-refractivity contribution in [2.24, 2.45) is 0 Å². The van der Waals surface area contributed by atoms with Crippen molar-refractivity contribution >= 4 is 24.1 Å². The lowest BCUT2D eigenvalue weighted by Crippen LogP contribution is -2.36. The molecule has 0 aromatic heterocycles. The van der Waals surface area contributed by atoms with E-state index in [2.05, 4.69) is 10.6 Å². The van der Waals surface area contributed by atoms with Crippen LogP contribution in [0.3, 0.4) is 0 Å². The minimum atomic E-state index is -0.00616. The van der Waals surface area contributed by atoms with Crippen molar-refractivity contribution in [3.8, 4) is 0 Å². The van der Waals surface area contributed by atoms with E-state index in [-0.39, 0.29) is 18.4 Å². The lowest BCUT2D eigenvalue weighted by Gasteiger charge is -2.17. The molecule has 18 heavy (non-hydrogen) atoms. The molecule has 100 valence electrons. The van der Waals surface area contributed by atoms with Gasteiger partial charge in [-0.1, -0.05) is 12.1 Å². The Bertz CT molecular complexity index is 411. The van der Waals surface area contributed by atoms with Gasteiger partial charge in [-0.25, -0.2) is 4.79 Å². The van der Waals surface area contributed by atoms with Gasteiger partial charge < -0.3 is 15.5 Å². The number of rotatable bonds is 2. The number of hydrogen-bond acceptors (Lipinski definition) is 2. The maximum atomic E-state index is 12.0. The van der Waals surface area contributed by atoms with Gasteiger partial charge in [-0.05, 0) is 38.1 Å². The summed E-state index contributed by atoms with van der Waals surface area (Å²) in [6.45, 7) is 3.62. The first-order valence-electron chi connectivity index (χ1n) is 5.99. The minimum absolute atomic E-state index is 0. The van der Waals surface area contributed by atoms with E-state index in [0.717, 1.165) is 30.8 Å². The summed E-state index contributed by atoms with van der Waals surface area (Å²) in [5.74, 6) is 0. The molecule has 0 saturated carbocycles. The average molecular weight is 270 g/mol. The Morgan fingerprint density at radius 1 is 1.44 bits per heavy atom. The van der Waals surface area contributed by atoms with Gasteiger partial charge in [-0.3, -0.25) is 0 Å². The number of likely N-dealkylation sites (tertiary alicyclic amines) is 1. The number of hydrogen-bond donors (Lipinski definition) is 2. The van der Waals surface area contributed by atoms with Gasteiger partial charge in [0, 0.05) is 24.8 Å². The second kappa shape index (κ2) is 6.61. The van der Waals surface area contributed by atoms with Crippen molar-refractivity contribution in [3.63, 3.8) is 0 Å². The highest BCUT2D eigenvalue weighted by Gasteiger charge is 2.24. The largest absolute Gasteiger partial charge is 0.323 e. The zero-order valence-corrected chi connectivity index (χ0v) is 11.6. The van der Waals surface area contributed by atoms with Crippen LogP contribution in [-0.2, 0) is 0 Å². The fourth-order valence-electron chi connectivity index (χ4n) is 2.11. The van der Waals surface area contributed by atoms with Crippen LogP contribution in [0.25, 0.3) is 0 Å². The summed E-state index contributed by atoms with van der Waals surface area (Å²) in [6, 6.07) is 8.28. The summed E-state index contributed by atoms with van der Waals surface area (Å²) in [6.07, 6.45) is 1.03. The number of nitrogens with zero attached hydrogens (tertiary/aromatic N) is 1. The second-order valence-corrected chi connectivity index (χ2v) is 4.52. The highest BCUT2D eigenvalue weighted by atomic mass is 35.5. The Balaban J connectivity index is 0.00000162. The molecule has 1 fully saturated rings. The maximum absolute atomic E-state index is 12.0. The first-order valence-corrected chi connectivity index (χ1v) is 5.99. The molecule has 0 radical (unpaired) electrons. The molecule has 2 rings (SSSR count). The fourth-order valence-corrected chi connectivity index (χ4v) is 2.11. The number of carbonyl (C=O) groups is 1. The van der Waals surface area contributed by atoms with E-state index in [9.17, 15) is 4.79 Å². The van der Waals surface area contributed by atoms with Gasteiger partial charge in [-0.2, -0.15) is 0 Å². The Morgan fingerprint density at radius 3 is 2.83 bits per heavy atom. The van der Waals surface area contributed by atoms with E-state index in [0.29, 0.717) is 6.04 Å². The van der Waals surface area contributed by atoms with Crippen molar-refractivity contribution in [2.45, 2.75) is 19.4 Å². The number of nitrogens with one attached hydrogen (secondary N) is 2. The molecule has 1 atom stereocenters. The predicted molar refractivity (Wildman–Crippen MR) is 76.5 cm³/mol. The van der Waals surface area contributed by atoms with Gasteiger partial charge in [0.25, 0.3) is 0 Å². The fraction of sp³-hybridized carbons (Fsp3) is 0.462. The van der Waals surface area contributed by atoms with E-state index in [1.165, 1.54) is 0 Å². The number of likely N-dealkylation sites (N-methyl/N-ethyl adjacent to an activating group) is 1. The normalized spacial score (nSPS) is 18.3. The predicted octanol–water partition coefficient (Wildman–Crippen LogP) is 2.24. The van der Waals surface area contributed by atoms with Crippen molar-refractivity contribution in [2.75, 3.05) is 25.5 Å². The standard InChI is InChI=1S/C13H19N3O.ClH/c1-10-4-3-5-11(8-10)15-13(17)16-7-6-12(9-16)14-2;/h3-5,8,12,14H,6-7,9H2,1-2H3,(H,15,17);1H. The van der Waals surface area contributed by atoms with Gasteiger partial charge in [0.1, 0.15) is 0 Å². The van der Waals surface area contributed by atoms with Gasteiger partial charge in [0.15, 0.2) is 0 Å². The van der Waals surface area contributed by atoms with Gasteiger partial charge in [0.2, 0.25) is 0 Å².